The van der Waals surface area contributed by atoms with E-state index in [1.165, 1.54) is 6.42 Å². The molecule has 1 saturated carbocycles. The highest BCUT2D eigenvalue weighted by Gasteiger charge is 2.26. The SMILES string of the molecule is Cc1cc(N[C@H]2CC[C@@H](Cc3nnc(C)o3)C2)nc(C)n1. The van der Waals surface area contributed by atoms with Crippen molar-refractivity contribution in [1.29, 1.82) is 0 Å². The zero-order valence-electron chi connectivity index (χ0n) is 12.8. The highest BCUT2D eigenvalue weighted by molar-refractivity contribution is 5.37. The lowest BCUT2D eigenvalue weighted by Crippen LogP contribution is -2.17. The molecule has 2 heterocycles. The van der Waals surface area contributed by atoms with Crippen LogP contribution >= 0.6 is 0 Å². The molecule has 6 heteroatoms. The van der Waals surface area contributed by atoms with Crippen LogP contribution in [0.15, 0.2) is 10.5 Å². The Kier molecular flexibility index (Phi) is 3.86. The van der Waals surface area contributed by atoms with Crippen molar-refractivity contribution in [3.05, 3.63) is 29.4 Å². The van der Waals surface area contributed by atoms with E-state index in [-0.39, 0.29) is 0 Å². The Morgan fingerprint density at radius 1 is 1.19 bits per heavy atom. The molecule has 1 aliphatic rings. The number of rotatable bonds is 4. The molecule has 0 aromatic carbocycles. The van der Waals surface area contributed by atoms with Crippen LogP contribution in [0.2, 0.25) is 0 Å². The first-order valence-corrected chi connectivity index (χ1v) is 7.46. The monoisotopic (exact) mass is 287 g/mol. The molecule has 2 atom stereocenters. The number of nitrogens with one attached hydrogen (secondary N) is 1. The molecule has 0 saturated heterocycles. The van der Waals surface area contributed by atoms with E-state index < -0.39 is 0 Å². The van der Waals surface area contributed by atoms with E-state index in [4.69, 9.17) is 4.42 Å². The van der Waals surface area contributed by atoms with Crippen LogP contribution in [-0.4, -0.2) is 26.2 Å². The van der Waals surface area contributed by atoms with Gasteiger partial charge in [0, 0.05) is 31.1 Å². The molecule has 0 bridgehead atoms. The molecule has 2 aromatic heterocycles. The van der Waals surface area contributed by atoms with Crippen molar-refractivity contribution in [2.75, 3.05) is 5.32 Å². The fourth-order valence-corrected chi connectivity index (χ4v) is 3.06. The highest BCUT2D eigenvalue weighted by Crippen LogP contribution is 2.30. The number of aryl methyl sites for hydroxylation is 3. The third-order valence-corrected chi connectivity index (χ3v) is 3.89. The summed E-state index contributed by atoms with van der Waals surface area (Å²) in [4.78, 5) is 8.75. The Labute approximate surface area is 124 Å². The van der Waals surface area contributed by atoms with Crippen LogP contribution in [0.4, 0.5) is 5.82 Å². The van der Waals surface area contributed by atoms with Gasteiger partial charge in [0.15, 0.2) is 0 Å². The van der Waals surface area contributed by atoms with Gasteiger partial charge < -0.3 is 9.73 Å². The number of aromatic nitrogens is 4. The second kappa shape index (κ2) is 5.79. The molecule has 1 fully saturated rings. The van der Waals surface area contributed by atoms with E-state index in [2.05, 4.69) is 25.5 Å². The normalized spacial score (nSPS) is 21.7. The Hall–Kier alpha value is -1.98. The molecule has 1 aliphatic carbocycles. The van der Waals surface area contributed by atoms with Crippen molar-refractivity contribution >= 4 is 5.82 Å². The Morgan fingerprint density at radius 3 is 2.76 bits per heavy atom. The summed E-state index contributed by atoms with van der Waals surface area (Å²) < 4.78 is 5.47. The van der Waals surface area contributed by atoms with Crippen molar-refractivity contribution in [2.45, 2.75) is 52.5 Å². The third-order valence-electron chi connectivity index (χ3n) is 3.89. The number of anilines is 1. The predicted octanol–water partition coefficient (Wildman–Crippen LogP) is 2.61. The maximum absolute atomic E-state index is 5.47. The molecular weight excluding hydrogens is 266 g/mol. The first-order chi connectivity index (χ1) is 10.1. The fraction of sp³-hybridized carbons (Fsp3) is 0.600. The van der Waals surface area contributed by atoms with E-state index in [0.29, 0.717) is 17.9 Å². The summed E-state index contributed by atoms with van der Waals surface area (Å²) in [6, 6.07) is 2.47. The minimum absolute atomic E-state index is 0.465. The summed E-state index contributed by atoms with van der Waals surface area (Å²) in [5.74, 6) is 3.75. The molecular formula is C15H21N5O. The third kappa shape index (κ3) is 3.56. The molecule has 6 nitrogen and oxygen atoms in total. The lowest BCUT2D eigenvalue weighted by Gasteiger charge is -2.14. The van der Waals surface area contributed by atoms with Gasteiger partial charge in [-0.1, -0.05) is 0 Å². The van der Waals surface area contributed by atoms with Gasteiger partial charge in [0.25, 0.3) is 0 Å². The summed E-state index contributed by atoms with van der Waals surface area (Å²) in [5.41, 5.74) is 1.00. The van der Waals surface area contributed by atoms with Crippen LogP contribution in [0, 0.1) is 26.7 Å². The van der Waals surface area contributed by atoms with Gasteiger partial charge in [-0.3, -0.25) is 0 Å². The summed E-state index contributed by atoms with van der Waals surface area (Å²) in [7, 11) is 0. The molecule has 21 heavy (non-hydrogen) atoms. The van der Waals surface area contributed by atoms with E-state index in [1.54, 1.807) is 0 Å². The predicted molar refractivity (Wildman–Crippen MR) is 79.0 cm³/mol. The largest absolute Gasteiger partial charge is 0.426 e. The standard InChI is InChI=1S/C15H21N5O/c1-9-6-14(17-10(2)16-9)18-13-5-4-12(7-13)8-15-20-19-11(3)21-15/h6,12-13H,4-5,7-8H2,1-3H3,(H,16,17,18)/t12-,13+/m1/s1. The Balaban J connectivity index is 1.57. The second-order valence-electron chi connectivity index (χ2n) is 5.88. The molecule has 0 aliphatic heterocycles. The van der Waals surface area contributed by atoms with Gasteiger partial charge in [-0.2, -0.15) is 0 Å². The Bertz CT molecular complexity index is 604. The number of hydrogen-bond acceptors (Lipinski definition) is 6. The van der Waals surface area contributed by atoms with Gasteiger partial charge >= 0.3 is 0 Å². The molecule has 0 amide bonds. The molecule has 112 valence electrons. The minimum atomic E-state index is 0.465. The van der Waals surface area contributed by atoms with E-state index in [0.717, 1.165) is 42.5 Å². The summed E-state index contributed by atoms with van der Waals surface area (Å²) in [5, 5.41) is 11.5. The van der Waals surface area contributed by atoms with Crippen LogP contribution < -0.4 is 5.32 Å². The highest BCUT2D eigenvalue weighted by atomic mass is 16.4. The topological polar surface area (TPSA) is 76.7 Å². The lowest BCUT2D eigenvalue weighted by atomic mass is 10.0. The van der Waals surface area contributed by atoms with Crippen LogP contribution in [0.25, 0.3) is 0 Å². The first-order valence-electron chi connectivity index (χ1n) is 7.46. The van der Waals surface area contributed by atoms with Crippen LogP contribution in [0.3, 0.4) is 0 Å². The molecule has 2 aromatic rings. The first kappa shape index (κ1) is 14.0. The van der Waals surface area contributed by atoms with Crippen molar-refractivity contribution < 1.29 is 4.42 Å². The van der Waals surface area contributed by atoms with Gasteiger partial charge in [-0.25, -0.2) is 9.97 Å². The van der Waals surface area contributed by atoms with Gasteiger partial charge in [0.1, 0.15) is 11.6 Å². The zero-order chi connectivity index (χ0) is 14.8. The van der Waals surface area contributed by atoms with E-state index >= 15 is 0 Å². The molecule has 0 spiro atoms. The van der Waals surface area contributed by atoms with Gasteiger partial charge in [-0.05, 0) is 39.0 Å². The summed E-state index contributed by atoms with van der Waals surface area (Å²) in [6.07, 6.45) is 4.33. The summed E-state index contributed by atoms with van der Waals surface area (Å²) in [6.45, 7) is 5.75. The maximum Gasteiger partial charge on any atom is 0.216 e. The van der Waals surface area contributed by atoms with E-state index in [1.807, 2.05) is 26.8 Å². The molecule has 1 N–H and O–H groups in total. The van der Waals surface area contributed by atoms with Crippen molar-refractivity contribution in [3.8, 4) is 0 Å². The molecule has 3 rings (SSSR count). The fourth-order valence-electron chi connectivity index (χ4n) is 3.06. The van der Waals surface area contributed by atoms with Gasteiger partial charge in [0.05, 0.1) is 0 Å². The maximum atomic E-state index is 5.47. The van der Waals surface area contributed by atoms with Gasteiger partial charge in [0.2, 0.25) is 11.8 Å². The number of hydrogen-bond donors (Lipinski definition) is 1. The smallest absolute Gasteiger partial charge is 0.216 e. The van der Waals surface area contributed by atoms with Crippen LogP contribution in [0.5, 0.6) is 0 Å². The lowest BCUT2D eigenvalue weighted by molar-refractivity contribution is 0.416. The quantitative estimate of drug-likeness (QED) is 0.931. The molecule has 0 radical (unpaired) electrons. The average Bonchev–Trinajstić information content (AvgIpc) is 2.98. The Morgan fingerprint density at radius 2 is 2.05 bits per heavy atom. The molecule has 0 unspecified atom stereocenters. The second-order valence-corrected chi connectivity index (χ2v) is 5.88. The van der Waals surface area contributed by atoms with Crippen LogP contribution in [0.1, 0.15) is 42.6 Å². The van der Waals surface area contributed by atoms with Gasteiger partial charge in [-0.15, -0.1) is 10.2 Å². The number of nitrogens with zero attached hydrogens (tertiary/aromatic N) is 4. The van der Waals surface area contributed by atoms with Crippen molar-refractivity contribution in [1.82, 2.24) is 20.2 Å². The zero-order valence-corrected chi connectivity index (χ0v) is 12.8. The average molecular weight is 287 g/mol. The van der Waals surface area contributed by atoms with E-state index in [9.17, 15) is 0 Å². The minimum Gasteiger partial charge on any atom is -0.426 e. The summed E-state index contributed by atoms with van der Waals surface area (Å²) >= 11 is 0. The van der Waals surface area contributed by atoms with Crippen molar-refractivity contribution in [2.24, 2.45) is 5.92 Å². The van der Waals surface area contributed by atoms with Crippen LogP contribution in [-0.2, 0) is 6.42 Å². The van der Waals surface area contributed by atoms with Crippen molar-refractivity contribution in [3.63, 3.8) is 0 Å².